The van der Waals surface area contributed by atoms with Crippen LogP contribution in [-0.2, 0) is 14.4 Å². The molecule has 0 aromatic rings. The average Bonchev–Trinajstić information content (AvgIpc) is 3.05. The molecule has 2 saturated heterocycles. The monoisotopic (exact) mass is 324 g/mol. The van der Waals surface area contributed by atoms with E-state index in [1.165, 1.54) is 19.3 Å². The highest BCUT2D eigenvalue weighted by molar-refractivity contribution is 5.84. The fourth-order valence-electron chi connectivity index (χ4n) is 3.55. The highest BCUT2D eigenvalue weighted by Crippen LogP contribution is 2.22. The molecule has 0 aliphatic carbocycles. The van der Waals surface area contributed by atoms with Crippen molar-refractivity contribution in [2.45, 2.75) is 44.8 Å². The summed E-state index contributed by atoms with van der Waals surface area (Å²) in [6.45, 7) is 6.76. The second-order valence-electron chi connectivity index (χ2n) is 6.88. The Kier molecular flexibility index (Phi) is 5.38. The van der Waals surface area contributed by atoms with Gasteiger partial charge >= 0.3 is 0 Å². The van der Waals surface area contributed by atoms with Gasteiger partial charge in [0.05, 0.1) is 12.0 Å². The second-order valence-corrected chi connectivity index (χ2v) is 6.88. The van der Waals surface area contributed by atoms with E-state index in [0.717, 1.165) is 26.1 Å². The maximum atomic E-state index is 12.0. The first-order valence-corrected chi connectivity index (χ1v) is 8.76. The highest BCUT2D eigenvalue weighted by atomic mass is 16.7. The van der Waals surface area contributed by atoms with Crippen molar-refractivity contribution < 1.29 is 14.4 Å². The molecule has 3 aliphatic rings. The number of amides is 1. The lowest BCUT2D eigenvalue weighted by Gasteiger charge is -2.32. The molecule has 0 saturated carbocycles. The van der Waals surface area contributed by atoms with Gasteiger partial charge in [0, 0.05) is 19.6 Å². The number of carbonyl (C=O) groups excluding carboxylic acids is 1. The summed E-state index contributed by atoms with van der Waals surface area (Å²) in [5.74, 6) is 0.773. The average molecular weight is 324 g/mol. The van der Waals surface area contributed by atoms with Crippen LogP contribution in [0.5, 0.6) is 0 Å². The summed E-state index contributed by atoms with van der Waals surface area (Å²) < 4.78 is 6.08. The molecule has 3 unspecified atom stereocenters. The Labute approximate surface area is 137 Å². The Morgan fingerprint density at radius 2 is 2.13 bits per heavy atom. The van der Waals surface area contributed by atoms with Crippen LogP contribution >= 0.6 is 0 Å². The van der Waals surface area contributed by atoms with Crippen molar-refractivity contribution in [3.8, 4) is 0 Å². The predicted molar refractivity (Wildman–Crippen MR) is 86.9 cm³/mol. The summed E-state index contributed by atoms with van der Waals surface area (Å²) in [6.07, 6.45) is 4.77. The molecule has 0 spiro atoms. The van der Waals surface area contributed by atoms with Crippen molar-refractivity contribution in [3.05, 3.63) is 0 Å². The van der Waals surface area contributed by atoms with Crippen molar-refractivity contribution >= 4 is 11.8 Å². The Balaban J connectivity index is 1.50. The molecule has 3 atom stereocenters. The lowest BCUT2D eigenvalue weighted by Crippen LogP contribution is -2.44. The number of piperidine rings is 1. The van der Waals surface area contributed by atoms with Gasteiger partial charge in [-0.15, -0.1) is 0 Å². The van der Waals surface area contributed by atoms with E-state index in [1.54, 1.807) is 11.8 Å². The maximum Gasteiger partial charge on any atom is 0.239 e. The van der Waals surface area contributed by atoms with E-state index in [2.05, 4.69) is 10.1 Å². The molecular weight excluding hydrogens is 296 g/mol. The Bertz CT molecular complexity index is 449. The maximum absolute atomic E-state index is 12.0. The molecule has 23 heavy (non-hydrogen) atoms. The molecule has 2 fully saturated rings. The minimum Gasteiger partial charge on any atom is -0.470 e. The van der Waals surface area contributed by atoms with Crippen LogP contribution in [0.2, 0.25) is 0 Å². The summed E-state index contributed by atoms with van der Waals surface area (Å²) in [5.41, 5.74) is 5.68. The normalized spacial score (nSPS) is 30.3. The summed E-state index contributed by atoms with van der Waals surface area (Å²) in [5, 5.41) is 4.10. The van der Waals surface area contributed by atoms with Crippen molar-refractivity contribution in [1.82, 2.24) is 9.80 Å². The van der Waals surface area contributed by atoms with E-state index in [4.69, 9.17) is 15.3 Å². The van der Waals surface area contributed by atoms with Gasteiger partial charge in [-0.3, -0.25) is 9.69 Å². The van der Waals surface area contributed by atoms with Crippen LogP contribution in [0.1, 0.15) is 32.6 Å². The Morgan fingerprint density at radius 1 is 1.35 bits per heavy atom. The van der Waals surface area contributed by atoms with Crippen LogP contribution in [0.25, 0.3) is 0 Å². The predicted octanol–water partition coefficient (Wildman–Crippen LogP) is 0.397. The van der Waals surface area contributed by atoms with Crippen molar-refractivity contribution in [2.75, 3.05) is 39.3 Å². The molecule has 0 aromatic heterocycles. The van der Waals surface area contributed by atoms with E-state index >= 15 is 0 Å². The smallest absolute Gasteiger partial charge is 0.239 e. The minimum absolute atomic E-state index is 0.00491. The molecule has 3 heterocycles. The third-order valence-corrected chi connectivity index (χ3v) is 4.85. The van der Waals surface area contributed by atoms with E-state index in [9.17, 15) is 4.79 Å². The van der Waals surface area contributed by atoms with Gasteiger partial charge in [-0.25, -0.2) is 0 Å². The number of nitrogens with two attached hydrogens (primary N) is 1. The van der Waals surface area contributed by atoms with Gasteiger partial charge in [0.1, 0.15) is 6.10 Å². The molecule has 0 aromatic carbocycles. The van der Waals surface area contributed by atoms with Gasteiger partial charge in [0.15, 0.2) is 6.61 Å². The summed E-state index contributed by atoms with van der Waals surface area (Å²) in [4.78, 5) is 21.6. The van der Waals surface area contributed by atoms with Crippen molar-refractivity contribution in [1.29, 1.82) is 0 Å². The molecule has 3 rings (SSSR count). The quantitative estimate of drug-likeness (QED) is 0.809. The largest absolute Gasteiger partial charge is 0.470 e. The molecule has 7 nitrogen and oxygen atoms in total. The standard InChI is InChI=1S/C16H28N4O3/c1-12(17)16(21)20-8-5-13(9-20)15-18-22-11-14(23-15)10-19-6-3-2-4-7-19/h12-14H,2-11,17H2,1H3. The van der Waals surface area contributed by atoms with Gasteiger partial charge in [-0.2, -0.15) is 0 Å². The Morgan fingerprint density at radius 3 is 2.87 bits per heavy atom. The lowest BCUT2D eigenvalue weighted by molar-refractivity contribution is -0.131. The summed E-state index contributed by atoms with van der Waals surface area (Å²) in [6, 6.07) is -0.453. The number of ether oxygens (including phenoxy) is 1. The van der Waals surface area contributed by atoms with E-state index in [1.807, 2.05) is 0 Å². The highest BCUT2D eigenvalue weighted by Gasteiger charge is 2.35. The molecule has 130 valence electrons. The van der Waals surface area contributed by atoms with Gasteiger partial charge in [0.2, 0.25) is 11.8 Å². The van der Waals surface area contributed by atoms with Crippen molar-refractivity contribution in [3.63, 3.8) is 0 Å². The van der Waals surface area contributed by atoms with E-state index < -0.39 is 6.04 Å². The number of hydrogen-bond acceptors (Lipinski definition) is 6. The van der Waals surface area contributed by atoms with Crippen LogP contribution in [0.4, 0.5) is 0 Å². The lowest BCUT2D eigenvalue weighted by atomic mass is 10.1. The molecule has 3 aliphatic heterocycles. The van der Waals surface area contributed by atoms with E-state index in [-0.39, 0.29) is 17.9 Å². The van der Waals surface area contributed by atoms with Crippen LogP contribution in [0.15, 0.2) is 5.16 Å². The van der Waals surface area contributed by atoms with Crippen LogP contribution in [0, 0.1) is 5.92 Å². The zero-order chi connectivity index (χ0) is 16.2. The van der Waals surface area contributed by atoms with Gasteiger partial charge in [-0.05, 0) is 39.3 Å². The first-order valence-electron chi connectivity index (χ1n) is 8.76. The number of likely N-dealkylation sites (tertiary alicyclic amines) is 2. The number of rotatable bonds is 4. The third kappa shape index (κ3) is 4.14. The minimum atomic E-state index is -0.453. The topological polar surface area (TPSA) is 80.4 Å². The number of oxime groups is 1. The second kappa shape index (κ2) is 7.49. The molecular formula is C16H28N4O3. The zero-order valence-corrected chi connectivity index (χ0v) is 13.9. The molecule has 0 radical (unpaired) electrons. The van der Waals surface area contributed by atoms with Gasteiger partial charge < -0.3 is 20.2 Å². The van der Waals surface area contributed by atoms with Crippen LogP contribution in [0.3, 0.4) is 0 Å². The van der Waals surface area contributed by atoms with Gasteiger partial charge in [-0.1, -0.05) is 11.6 Å². The van der Waals surface area contributed by atoms with Crippen LogP contribution < -0.4 is 5.73 Å². The van der Waals surface area contributed by atoms with Crippen LogP contribution in [-0.4, -0.2) is 73.1 Å². The molecule has 1 amide bonds. The fraction of sp³-hybridized carbons (Fsp3) is 0.875. The molecule has 2 N–H and O–H groups in total. The Hall–Kier alpha value is -1.34. The van der Waals surface area contributed by atoms with Crippen molar-refractivity contribution in [2.24, 2.45) is 16.8 Å². The molecule has 7 heteroatoms. The van der Waals surface area contributed by atoms with Gasteiger partial charge in [0.25, 0.3) is 0 Å². The third-order valence-electron chi connectivity index (χ3n) is 4.85. The summed E-state index contributed by atoms with van der Waals surface area (Å²) >= 11 is 0. The SMILES string of the molecule is CC(N)C(=O)N1CCC(C2=NOCC(CN3CCCCC3)O2)C1. The summed E-state index contributed by atoms with van der Waals surface area (Å²) in [7, 11) is 0. The van der Waals surface area contributed by atoms with E-state index in [0.29, 0.717) is 25.6 Å². The first-order chi connectivity index (χ1) is 11.1. The molecule has 0 bridgehead atoms. The zero-order valence-electron chi connectivity index (χ0n) is 13.9. The first kappa shape index (κ1) is 16.5. The number of carbonyl (C=O) groups is 1. The fourth-order valence-corrected chi connectivity index (χ4v) is 3.55. The number of hydrogen-bond donors (Lipinski definition) is 1. The number of nitrogens with zero attached hydrogens (tertiary/aromatic N) is 3.